The van der Waals surface area contributed by atoms with Crippen molar-refractivity contribution in [3.63, 3.8) is 0 Å². The van der Waals surface area contributed by atoms with Crippen molar-refractivity contribution in [3.05, 3.63) is 59.2 Å². The standard InChI is InChI=1S/C11H16N2O.C8H10N2.CH4O/c1-8(7-14)6-10-4-3-5-11(13-10)9(2)12;1-6-4-3-5-8(10-6)7(2)9;1-2/h3-5,8,12,14H,6-7H2,1-2H3;3-5,9H,1-2H3;2H,1H3. The maximum absolute atomic E-state index is 8.90. The van der Waals surface area contributed by atoms with Gasteiger partial charge in [0.25, 0.3) is 0 Å². The number of aliphatic hydroxyl groups is 2. The molecular formula is C20H30N4O2. The van der Waals surface area contributed by atoms with E-state index in [2.05, 4.69) is 9.97 Å². The molecule has 6 heteroatoms. The summed E-state index contributed by atoms with van der Waals surface area (Å²) in [5.41, 5.74) is 4.37. The highest BCUT2D eigenvalue weighted by atomic mass is 16.3. The quantitative estimate of drug-likeness (QED) is 0.615. The molecule has 2 rings (SSSR count). The maximum Gasteiger partial charge on any atom is 0.0837 e. The molecule has 0 aliphatic carbocycles. The summed E-state index contributed by atoms with van der Waals surface area (Å²) in [4.78, 5) is 8.47. The number of hydrogen-bond donors (Lipinski definition) is 4. The Hall–Kier alpha value is -2.44. The first-order chi connectivity index (χ1) is 12.3. The lowest BCUT2D eigenvalue weighted by Crippen LogP contribution is -2.07. The lowest BCUT2D eigenvalue weighted by Gasteiger charge is -2.07. The van der Waals surface area contributed by atoms with E-state index in [1.165, 1.54) is 0 Å². The summed E-state index contributed by atoms with van der Waals surface area (Å²) >= 11 is 0. The van der Waals surface area contributed by atoms with Crippen molar-refractivity contribution in [2.24, 2.45) is 5.92 Å². The Kier molecular flexibility index (Phi) is 11.6. The minimum absolute atomic E-state index is 0.176. The molecule has 0 fully saturated rings. The summed E-state index contributed by atoms with van der Waals surface area (Å²) in [5, 5.41) is 30.6. The van der Waals surface area contributed by atoms with Crippen molar-refractivity contribution in [1.29, 1.82) is 10.8 Å². The number of aromatic nitrogens is 2. The number of nitrogens with zero attached hydrogens (tertiary/aromatic N) is 2. The van der Waals surface area contributed by atoms with Crippen LogP contribution in [0.5, 0.6) is 0 Å². The summed E-state index contributed by atoms with van der Waals surface area (Å²) in [6.07, 6.45) is 0.762. The number of aryl methyl sites for hydroxylation is 1. The van der Waals surface area contributed by atoms with Crippen LogP contribution in [-0.4, -0.2) is 45.3 Å². The Labute approximate surface area is 156 Å². The van der Waals surface area contributed by atoms with Gasteiger partial charge >= 0.3 is 0 Å². The van der Waals surface area contributed by atoms with Gasteiger partial charge < -0.3 is 21.0 Å². The van der Waals surface area contributed by atoms with E-state index in [0.29, 0.717) is 17.1 Å². The van der Waals surface area contributed by atoms with Crippen molar-refractivity contribution < 1.29 is 10.2 Å². The fraction of sp³-hybridized carbons (Fsp3) is 0.400. The lowest BCUT2D eigenvalue weighted by atomic mass is 10.1. The topological polar surface area (TPSA) is 114 Å². The van der Waals surface area contributed by atoms with Gasteiger partial charge in [-0.1, -0.05) is 19.1 Å². The summed E-state index contributed by atoms with van der Waals surface area (Å²) in [6.45, 7) is 7.54. The molecule has 0 aromatic carbocycles. The van der Waals surface area contributed by atoms with Gasteiger partial charge in [0.1, 0.15) is 0 Å². The number of nitrogens with one attached hydrogen (secondary N) is 2. The third-order valence-corrected chi connectivity index (χ3v) is 3.33. The number of hydrogen-bond acceptors (Lipinski definition) is 6. The monoisotopic (exact) mass is 358 g/mol. The first-order valence-electron chi connectivity index (χ1n) is 8.39. The third kappa shape index (κ3) is 9.15. The molecule has 0 amide bonds. The minimum Gasteiger partial charge on any atom is -0.400 e. The van der Waals surface area contributed by atoms with Gasteiger partial charge in [0.05, 0.1) is 22.8 Å². The van der Waals surface area contributed by atoms with E-state index in [0.717, 1.165) is 30.6 Å². The minimum atomic E-state index is 0.176. The fourth-order valence-corrected chi connectivity index (χ4v) is 1.98. The van der Waals surface area contributed by atoms with Crippen LogP contribution in [-0.2, 0) is 6.42 Å². The van der Waals surface area contributed by atoms with E-state index in [1.807, 2.05) is 50.2 Å². The normalized spacial score (nSPS) is 10.6. The van der Waals surface area contributed by atoms with Crippen molar-refractivity contribution in [2.45, 2.75) is 34.1 Å². The van der Waals surface area contributed by atoms with Gasteiger partial charge in [-0.05, 0) is 57.4 Å². The predicted molar refractivity (Wildman–Crippen MR) is 106 cm³/mol. The van der Waals surface area contributed by atoms with Crippen LogP contribution < -0.4 is 0 Å². The van der Waals surface area contributed by atoms with Gasteiger partial charge in [0.15, 0.2) is 0 Å². The van der Waals surface area contributed by atoms with Gasteiger partial charge in [0, 0.05) is 25.1 Å². The van der Waals surface area contributed by atoms with Gasteiger partial charge in [-0.15, -0.1) is 0 Å². The molecule has 0 spiro atoms. The van der Waals surface area contributed by atoms with Crippen LogP contribution in [0.2, 0.25) is 0 Å². The lowest BCUT2D eigenvalue weighted by molar-refractivity contribution is 0.236. The van der Waals surface area contributed by atoms with Crippen molar-refractivity contribution in [1.82, 2.24) is 9.97 Å². The Morgan fingerprint density at radius 3 is 1.88 bits per heavy atom. The molecule has 6 nitrogen and oxygen atoms in total. The van der Waals surface area contributed by atoms with Gasteiger partial charge in [-0.2, -0.15) is 0 Å². The predicted octanol–water partition coefficient (Wildman–Crippen LogP) is 3.03. The average molecular weight is 358 g/mol. The number of pyridine rings is 2. The Morgan fingerprint density at radius 2 is 1.46 bits per heavy atom. The molecule has 1 atom stereocenters. The molecule has 4 N–H and O–H groups in total. The SMILES string of the molecule is CC(=N)c1cccc(C)n1.CC(=N)c1cccc(CC(C)CO)n1.CO. The summed E-state index contributed by atoms with van der Waals surface area (Å²) in [5.74, 6) is 0.226. The van der Waals surface area contributed by atoms with E-state index in [-0.39, 0.29) is 12.5 Å². The summed E-state index contributed by atoms with van der Waals surface area (Å²) in [7, 11) is 1.00. The molecule has 142 valence electrons. The molecule has 2 heterocycles. The molecule has 0 bridgehead atoms. The van der Waals surface area contributed by atoms with Crippen LogP contribution in [0.3, 0.4) is 0 Å². The summed E-state index contributed by atoms with van der Waals surface area (Å²) in [6, 6.07) is 11.3. The number of rotatable bonds is 5. The first-order valence-corrected chi connectivity index (χ1v) is 8.39. The van der Waals surface area contributed by atoms with E-state index in [1.54, 1.807) is 13.8 Å². The highest BCUT2D eigenvalue weighted by Crippen LogP contribution is 2.07. The first kappa shape index (κ1) is 23.6. The Bertz CT molecular complexity index is 702. The van der Waals surface area contributed by atoms with Crippen LogP contribution in [0.1, 0.15) is 43.5 Å². The molecular weight excluding hydrogens is 328 g/mol. The van der Waals surface area contributed by atoms with E-state index < -0.39 is 0 Å². The molecule has 0 radical (unpaired) electrons. The molecule has 0 saturated heterocycles. The van der Waals surface area contributed by atoms with Crippen LogP contribution in [0.4, 0.5) is 0 Å². The van der Waals surface area contributed by atoms with Crippen LogP contribution in [0.25, 0.3) is 0 Å². The molecule has 26 heavy (non-hydrogen) atoms. The zero-order chi connectivity index (χ0) is 20.1. The largest absolute Gasteiger partial charge is 0.400 e. The van der Waals surface area contributed by atoms with Crippen LogP contribution in [0.15, 0.2) is 36.4 Å². The average Bonchev–Trinajstić information content (AvgIpc) is 2.64. The zero-order valence-electron chi connectivity index (χ0n) is 16.2. The van der Waals surface area contributed by atoms with Crippen LogP contribution in [0, 0.1) is 23.7 Å². The van der Waals surface area contributed by atoms with Gasteiger partial charge in [-0.3, -0.25) is 9.97 Å². The highest BCUT2D eigenvalue weighted by molar-refractivity contribution is 5.94. The summed E-state index contributed by atoms with van der Waals surface area (Å²) < 4.78 is 0. The fourth-order valence-electron chi connectivity index (χ4n) is 1.98. The Morgan fingerprint density at radius 1 is 0.962 bits per heavy atom. The maximum atomic E-state index is 8.90. The van der Waals surface area contributed by atoms with E-state index in [9.17, 15) is 0 Å². The smallest absolute Gasteiger partial charge is 0.0837 e. The van der Waals surface area contributed by atoms with Crippen LogP contribution >= 0.6 is 0 Å². The molecule has 1 unspecified atom stereocenters. The Balaban J connectivity index is 0.000000458. The second-order valence-electron chi connectivity index (χ2n) is 5.92. The third-order valence-electron chi connectivity index (χ3n) is 3.33. The molecule has 0 saturated carbocycles. The molecule has 2 aromatic rings. The molecule has 2 aromatic heterocycles. The second kappa shape index (κ2) is 12.9. The highest BCUT2D eigenvalue weighted by Gasteiger charge is 2.04. The van der Waals surface area contributed by atoms with Crippen molar-refractivity contribution in [2.75, 3.05) is 13.7 Å². The van der Waals surface area contributed by atoms with Crippen molar-refractivity contribution >= 4 is 11.4 Å². The second-order valence-corrected chi connectivity index (χ2v) is 5.92. The number of aliphatic hydroxyl groups excluding tert-OH is 2. The zero-order valence-corrected chi connectivity index (χ0v) is 16.2. The molecule has 0 aliphatic heterocycles. The van der Waals surface area contributed by atoms with Crippen molar-refractivity contribution in [3.8, 4) is 0 Å². The van der Waals surface area contributed by atoms with Gasteiger partial charge in [0.2, 0.25) is 0 Å². The van der Waals surface area contributed by atoms with Gasteiger partial charge in [-0.25, -0.2) is 0 Å². The molecule has 0 aliphatic rings. The van der Waals surface area contributed by atoms with E-state index >= 15 is 0 Å². The van der Waals surface area contributed by atoms with E-state index in [4.69, 9.17) is 21.0 Å².